The second-order valence-electron chi connectivity index (χ2n) is 5.91. The van der Waals surface area contributed by atoms with Gasteiger partial charge in [0, 0.05) is 5.56 Å². The number of hydrogen-bond donors (Lipinski definition) is 1. The first kappa shape index (κ1) is 20.0. The van der Waals surface area contributed by atoms with Crippen molar-refractivity contribution in [1.82, 2.24) is 10.4 Å². The maximum Gasteiger partial charge on any atom is 0.283 e. The van der Waals surface area contributed by atoms with Gasteiger partial charge >= 0.3 is 0 Å². The number of rotatable bonds is 6. The third-order valence-corrected chi connectivity index (χ3v) is 5.22. The molecule has 0 unspecified atom stereocenters. The van der Waals surface area contributed by atoms with Crippen LogP contribution in [0.4, 0.5) is 4.39 Å². The standard InChI is InChI=1S/C20H17ClFN3O2S/c1-12-19(28-13(2)24-12)20(26)25-23-10-14-5-3-6-15(9-14)27-11-16-17(21)7-4-8-18(16)22/h3-10H,11H2,1-2H3,(H,25,26)/b23-10+. The Morgan fingerprint density at radius 2 is 2.11 bits per heavy atom. The van der Waals surface area contributed by atoms with Crippen molar-refractivity contribution in [2.75, 3.05) is 0 Å². The van der Waals surface area contributed by atoms with Crippen molar-refractivity contribution >= 4 is 35.1 Å². The summed E-state index contributed by atoms with van der Waals surface area (Å²) in [6.07, 6.45) is 1.50. The summed E-state index contributed by atoms with van der Waals surface area (Å²) in [5, 5.41) is 5.11. The molecular weight excluding hydrogens is 401 g/mol. The van der Waals surface area contributed by atoms with Crippen molar-refractivity contribution in [2.24, 2.45) is 5.10 Å². The first-order valence-corrected chi connectivity index (χ1v) is 9.56. The van der Waals surface area contributed by atoms with Crippen LogP contribution >= 0.6 is 22.9 Å². The maximum absolute atomic E-state index is 13.8. The van der Waals surface area contributed by atoms with E-state index in [1.54, 1.807) is 43.3 Å². The molecular formula is C20H17ClFN3O2S. The summed E-state index contributed by atoms with van der Waals surface area (Å²) < 4.78 is 19.4. The van der Waals surface area contributed by atoms with Crippen LogP contribution in [0.1, 0.15) is 31.5 Å². The molecule has 0 radical (unpaired) electrons. The van der Waals surface area contributed by atoms with Crippen LogP contribution in [0, 0.1) is 19.7 Å². The number of aromatic nitrogens is 1. The molecule has 3 aromatic rings. The molecule has 8 heteroatoms. The van der Waals surface area contributed by atoms with E-state index in [2.05, 4.69) is 15.5 Å². The molecule has 0 aliphatic rings. The maximum atomic E-state index is 13.8. The van der Waals surface area contributed by atoms with E-state index in [-0.39, 0.29) is 12.5 Å². The summed E-state index contributed by atoms with van der Waals surface area (Å²) >= 11 is 7.32. The van der Waals surface area contributed by atoms with Crippen LogP contribution in [0.15, 0.2) is 47.6 Å². The number of benzene rings is 2. The van der Waals surface area contributed by atoms with Gasteiger partial charge in [0.2, 0.25) is 0 Å². The lowest BCUT2D eigenvalue weighted by molar-refractivity contribution is 0.0958. The van der Waals surface area contributed by atoms with Gasteiger partial charge in [-0.25, -0.2) is 14.8 Å². The van der Waals surface area contributed by atoms with Crippen molar-refractivity contribution in [1.29, 1.82) is 0 Å². The zero-order valence-electron chi connectivity index (χ0n) is 15.2. The van der Waals surface area contributed by atoms with Crippen molar-refractivity contribution < 1.29 is 13.9 Å². The fraction of sp³-hybridized carbons (Fsp3) is 0.150. The van der Waals surface area contributed by atoms with Crippen molar-refractivity contribution in [3.63, 3.8) is 0 Å². The summed E-state index contributed by atoms with van der Waals surface area (Å²) in [6, 6.07) is 11.5. The number of nitrogens with zero attached hydrogens (tertiary/aromatic N) is 2. The van der Waals surface area contributed by atoms with Gasteiger partial charge in [-0.1, -0.05) is 29.8 Å². The minimum absolute atomic E-state index is 0.00679. The average molecular weight is 418 g/mol. The Morgan fingerprint density at radius 3 is 2.82 bits per heavy atom. The van der Waals surface area contributed by atoms with Crippen molar-refractivity contribution in [3.8, 4) is 5.75 Å². The van der Waals surface area contributed by atoms with Gasteiger partial charge < -0.3 is 4.74 Å². The van der Waals surface area contributed by atoms with Crippen LogP contribution in [0.2, 0.25) is 5.02 Å². The van der Waals surface area contributed by atoms with E-state index in [0.29, 0.717) is 26.9 Å². The van der Waals surface area contributed by atoms with E-state index in [9.17, 15) is 9.18 Å². The second kappa shape index (κ2) is 8.95. The monoisotopic (exact) mass is 417 g/mol. The van der Waals surface area contributed by atoms with E-state index >= 15 is 0 Å². The first-order valence-electron chi connectivity index (χ1n) is 8.37. The van der Waals surface area contributed by atoms with Gasteiger partial charge in [0.1, 0.15) is 23.1 Å². The summed E-state index contributed by atoms with van der Waals surface area (Å²) in [5.41, 5.74) is 4.18. The number of hydrogen-bond acceptors (Lipinski definition) is 5. The third-order valence-electron chi connectivity index (χ3n) is 3.79. The largest absolute Gasteiger partial charge is 0.489 e. The van der Waals surface area contributed by atoms with Crippen LogP contribution < -0.4 is 10.2 Å². The van der Waals surface area contributed by atoms with Crippen molar-refractivity contribution in [2.45, 2.75) is 20.5 Å². The van der Waals surface area contributed by atoms with Crippen molar-refractivity contribution in [3.05, 3.63) is 80.0 Å². The van der Waals surface area contributed by atoms with E-state index in [1.807, 2.05) is 6.92 Å². The normalized spacial score (nSPS) is 11.0. The molecule has 0 aliphatic heterocycles. The van der Waals surface area contributed by atoms with E-state index in [0.717, 1.165) is 10.6 Å². The fourth-order valence-corrected chi connectivity index (χ4v) is 3.50. The summed E-state index contributed by atoms with van der Waals surface area (Å²) in [4.78, 5) is 16.9. The number of nitrogens with one attached hydrogen (secondary N) is 1. The molecule has 0 fully saturated rings. The molecule has 0 spiro atoms. The quantitative estimate of drug-likeness (QED) is 0.458. The molecule has 1 aromatic heterocycles. The minimum Gasteiger partial charge on any atom is -0.489 e. The van der Waals surface area contributed by atoms with Gasteiger partial charge in [0.15, 0.2) is 0 Å². The first-order chi connectivity index (χ1) is 13.4. The highest BCUT2D eigenvalue weighted by Gasteiger charge is 2.12. The van der Waals surface area contributed by atoms with E-state index < -0.39 is 5.82 Å². The highest BCUT2D eigenvalue weighted by molar-refractivity contribution is 7.13. The van der Waals surface area contributed by atoms with Crippen LogP contribution in [0.5, 0.6) is 5.75 Å². The molecule has 0 bridgehead atoms. The molecule has 1 heterocycles. The molecule has 0 saturated heterocycles. The number of halogens is 2. The number of aryl methyl sites for hydroxylation is 2. The number of amides is 1. The lowest BCUT2D eigenvalue weighted by Gasteiger charge is -2.09. The molecule has 0 atom stereocenters. The highest BCUT2D eigenvalue weighted by Crippen LogP contribution is 2.22. The molecule has 5 nitrogen and oxygen atoms in total. The summed E-state index contributed by atoms with van der Waals surface area (Å²) in [7, 11) is 0. The van der Waals surface area contributed by atoms with E-state index in [1.165, 1.54) is 23.6 Å². The number of hydrazone groups is 1. The smallest absolute Gasteiger partial charge is 0.283 e. The van der Waals surface area contributed by atoms with E-state index in [4.69, 9.17) is 16.3 Å². The molecule has 1 amide bonds. The fourth-order valence-electron chi connectivity index (χ4n) is 2.47. The van der Waals surface area contributed by atoms with Crippen LogP contribution in [0.3, 0.4) is 0 Å². The van der Waals surface area contributed by atoms with Gasteiger partial charge in [-0.3, -0.25) is 4.79 Å². The van der Waals surface area contributed by atoms with Gasteiger partial charge in [-0.2, -0.15) is 5.10 Å². The lowest BCUT2D eigenvalue weighted by Crippen LogP contribution is -2.17. The SMILES string of the molecule is Cc1nc(C)c(C(=O)N/N=C/c2cccc(OCc3c(F)cccc3Cl)c2)s1. The number of carbonyl (C=O) groups is 1. The van der Waals surface area contributed by atoms with Gasteiger partial charge in [-0.15, -0.1) is 11.3 Å². The molecule has 1 N–H and O–H groups in total. The Bertz CT molecular complexity index is 1020. The predicted octanol–water partition coefficient (Wildman–Crippen LogP) is 4.90. The Labute approximate surface area is 170 Å². The van der Waals surface area contributed by atoms with Crippen LogP contribution in [-0.4, -0.2) is 17.1 Å². The molecule has 28 heavy (non-hydrogen) atoms. The zero-order chi connectivity index (χ0) is 20.1. The number of carbonyl (C=O) groups excluding carboxylic acids is 1. The second-order valence-corrected chi connectivity index (χ2v) is 7.52. The molecule has 0 saturated carbocycles. The molecule has 3 rings (SSSR count). The topological polar surface area (TPSA) is 63.6 Å². The van der Waals surface area contributed by atoms with Gasteiger partial charge in [0.05, 0.1) is 21.9 Å². The van der Waals surface area contributed by atoms with Crippen LogP contribution in [0.25, 0.3) is 0 Å². The Hall–Kier alpha value is -2.77. The molecule has 2 aromatic carbocycles. The Morgan fingerprint density at radius 1 is 1.32 bits per heavy atom. The molecule has 144 valence electrons. The van der Waals surface area contributed by atoms with Gasteiger partial charge in [0.25, 0.3) is 5.91 Å². The summed E-state index contributed by atoms with van der Waals surface area (Å²) in [6.45, 7) is 3.63. The summed E-state index contributed by atoms with van der Waals surface area (Å²) in [5.74, 6) is -0.189. The van der Waals surface area contributed by atoms with Gasteiger partial charge in [-0.05, 0) is 43.7 Å². The molecule has 0 aliphatic carbocycles. The Balaban J connectivity index is 1.62. The minimum atomic E-state index is -0.415. The number of ether oxygens (including phenoxy) is 1. The zero-order valence-corrected chi connectivity index (χ0v) is 16.8. The average Bonchev–Trinajstić information content (AvgIpc) is 3.00. The predicted molar refractivity (Wildman–Crippen MR) is 109 cm³/mol. The Kier molecular flexibility index (Phi) is 6.38. The third kappa shape index (κ3) is 4.94. The van der Waals surface area contributed by atoms with Crippen LogP contribution in [-0.2, 0) is 6.61 Å². The number of thiazole rings is 1. The highest BCUT2D eigenvalue weighted by atomic mass is 35.5. The lowest BCUT2D eigenvalue weighted by atomic mass is 10.2.